The number of pyridine rings is 1. The summed E-state index contributed by atoms with van der Waals surface area (Å²) in [5, 5.41) is 20.1. The van der Waals surface area contributed by atoms with Crippen LogP contribution in [0.5, 0.6) is 5.75 Å². The molecule has 0 saturated carbocycles. The van der Waals surface area contributed by atoms with Gasteiger partial charge in [-0.1, -0.05) is 36.4 Å². The van der Waals surface area contributed by atoms with Crippen LogP contribution in [0.15, 0.2) is 83.3 Å². The van der Waals surface area contributed by atoms with Gasteiger partial charge in [0, 0.05) is 12.4 Å². The van der Waals surface area contributed by atoms with Crippen LogP contribution in [0.25, 0.3) is 11.1 Å². The number of nitrogens with one attached hydrogen (secondary N) is 1. The van der Waals surface area contributed by atoms with E-state index in [9.17, 15) is 5.11 Å². The van der Waals surface area contributed by atoms with Gasteiger partial charge in [0.25, 0.3) is 0 Å². The van der Waals surface area contributed by atoms with E-state index in [1.165, 1.54) is 6.34 Å². The highest BCUT2D eigenvalue weighted by molar-refractivity contribution is 5.81. The summed E-state index contributed by atoms with van der Waals surface area (Å²) in [7, 11) is 0. The maximum Gasteiger partial charge on any atom is 0.115 e. The van der Waals surface area contributed by atoms with Crippen molar-refractivity contribution in [3.63, 3.8) is 0 Å². The lowest BCUT2D eigenvalue weighted by Gasteiger charge is -2.10. The van der Waals surface area contributed by atoms with Gasteiger partial charge in [0.05, 0.1) is 6.21 Å². The molecule has 2 aromatic carbocycles. The third-order valence-electron chi connectivity index (χ3n) is 3.76. The molecule has 1 atom stereocenters. The first kappa shape index (κ1) is 17.3. The van der Waals surface area contributed by atoms with E-state index in [1.807, 2.05) is 36.4 Å². The largest absolute Gasteiger partial charge is 0.508 e. The lowest BCUT2D eigenvalue weighted by atomic mass is 10.1. The van der Waals surface area contributed by atoms with Gasteiger partial charge < -0.3 is 16.2 Å². The van der Waals surface area contributed by atoms with Crippen LogP contribution in [-0.2, 0) is 0 Å². The van der Waals surface area contributed by atoms with Crippen molar-refractivity contribution < 1.29 is 5.11 Å². The fourth-order valence-corrected chi connectivity index (χ4v) is 2.33. The van der Waals surface area contributed by atoms with Crippen molar-refractivity contribution >= 4 is 12.6 Å². The Bertz CT molecular complexity index is 874. The smallest absolute Gasteiger partial charge is 0.115 e. The summed E-state index contributed by atoms with van der Waals surface area (Å²) in [4.78, 5) is 4.02. The summed E-state index contributed by atoms with van der Waals surface area (Å²) in [5.41, 5.74) is 9.99. The van der Waals surface area contributed by atoms with E-state index in [0.29, 0.717) is 0 Å². The standard InChI is InChI=1S/C20H19N5O/c21-20(18-5-7-19(26)8-6-18)23-14-25-24-13-15-1-3-16(4-2-15)17-9-11-22-12-10-17/h1-14,20,26H,21H2,(H,23,25). The maximum absolute atomic E-state index is 9.27. The Morgan fingerprint density at radius 2 is 1.54 bits per heavy atom. The SMILES string of the molecule is NC(NC=NN=Cc1ccc(-c2ccncc2)cc1)c1ccc(O)cc1. The first-order valence-corrected chi connectivity index (χ1v) is 8.08. The molecule has 0 bridgehead atoms. The van der Waals surface area contributed by atoms with Crippen molar-refractivity contribution in [1.29, 1.82) is 0 Å². The summed E-state index contributed by atoms with van der Waals surface area (Å²) in [5.74, 6) is 0.203. The second-order valence-corrected chi connectivity index (χ2v) is 5.58. The fourth-order valence-electron chi connectivity index (χ4n) is 2.33. The first-order valence-electron chi connectivity index (χ1n) is 8.08. The lowest BCUT2D eigenvalue weighted by molar-refractivity contribution is 0.474. The number of phenolic OH excluding ortho intramolecular Hbond substituents is 1. The van der Waals surface area contributed by atoms with Crippen LogP contribution in [0.4, 0.5) is 0 Å². The van der Waals surface area contributed by atoms with Crippen LogP contribution in [0, 0.1) is 0 Å². The molecule has 0 aliphatic rings. The molecule has 0 saturated heterocycles. The average molecular weight is 345 g/mol. The van der Waals surface area contributed by atoms with E-state index < -0.39 is 6.17 Å². The van der Waals surface area contributed by atoms with Crippen molar-refractivity contribution in [2.24, 2.45) is 15.9 Å². The molecule has 0 aliphatic carbocycles. The van der Waals surface area contributed by atoms with Gasteiger partial charge >= 0.3 is 0 Å². The van der Waals surface area contributed by atoms with E-state index in [4.69, 9.17) is 5.73 Å². The van der Waals surface area contributed by atoms with Crippen LogP contribution < -0.4 is 11.1 Å². The van der Waals surface area contributed by atoms with E-state index in [0.717, 1.165) is 22.3 Å². The highest BCUT2D eigenvalue weighted by Gasteiger charge is 2.02. The van der Waals surface area contributed by atoms with Crippen molar-refractivity contribution in [3.8, 4) is 16.9 Å². The molecular formula is C20H19N5O. The molecule has 1 heterocycles. The second kappa shape index (κ2) is 8.55. The number of hydrogen-bond acceptors (Lipinski definition) is 5. The zero-order valence-electron chi connectivity index (χ0n) is 14.0. The van der Waals surface area contributed by atoms with E-state index in [-0.39, 0.29) is 5.75 Å². The molecule has 0 radical (unpaired) electrons. The Hall–Kier alpha value is -3.51. The van der Waals surface area contributed by atoms with Gasteiger partial charge in [0.1, 0.15) is 18.3 Å². The predicted octanol–water partition coefficient (Wildman–Crippen LogP) is 3.06. The minimum Gasteiger partial charge on any atom is -0.508 e. The van der Waals surface area contributed by atoms with Gasteiger partial charge in [-0.2, -0.15) is 5.10 Å². The number of benzene rings is 2. The van der Waals surface area contributed by atoms with E-state index >= 15 is 0 Å². The van der Waals surface area contributed by atoms with Crippen LogP contribution in [0.2, 0.25) is 0 Å². The van der Waals surface area contributed by atoms with Gasteiger partial charge in [0.2, 0.25) is 0 Å². The monoisotopic (exact) mass is 345 g/mol. The van der Waals surface area contributed by atoms with Gasteiger partial charge in [-0.05, 0) is 46.5 Å². The molecule has 26 heavy (non-hydrogen) atoms. The molecular weight excluding hydrogens is 326 g/mol. The number of nitrogens with zero attached hydrogens (tertiary/aromatic N) is 3. The summed E-state index contributed by atoms with van der Waals surface area (Å²) >= 11 is 0. The molecule has 130 valence electrons. The molecule has 6 nitrogen and oxygen atoms in total. The van der Waals surface area contributed by atoms with Crippen LogP contribution in [0.1, 0.15) is 17.3 Å². The molecule has 0 aliphatic heterocycles. The molecule has 0 spiro atoms. The van der Waals surface area contributed by atoms with E-state index in [2.05, 4.69) is 20.5 Å². The van der Waals surface area contributed by atoms with Crippen LogP contribution in [-0.4, -0.2) is 22.6 Å². The molecule has 1 unspecified atom stereocenters. The van der Waals surface area contributed by atoms with Crippen molar-refractivity contribution in [2.75, 3.05) is 0 Å². The summed E-state index contributed by atoms with van der Waals surface area (Å²) < 4.78 is 0. The molecule has 3 rings (SSSR count). The minimum atomic E-state index is -0.422. The highest BCUT2D eigenvalue weighted by atomic mass is 16.3. The number of aromatic hydroxyl groups is 1. The number of hydrogen-bond donors (Lipinski definition) is 3. The van der Waals surface area contributed by atoms with Crippen molar-refractivity contribution in [3.05, 3.63) is 84.2 Å². The summed E-state index contributed by atoms with van der Waals surface area (Å²) in [6, 6.07) is 18.6. The van der Waals surface area contributed by atoms with Crippen LogP contribution in [0.3, 0.4) is 0 Å². The third-order valence-corrected chi connectivity index (χ3v) is 3.76. The van der Waals surface area contributed by atoms with Gasteiger partial charge in [-0.3, -0.25) is 4.98 Å². The number of nitrogens with two attached hydrogens (primary N) is 1. The minimum absolute atomic E-state index is 0.203. The normalized spacial score (nSPS) is 12.5. The highest BCUT2D eigenvalue weighted by Crippen LogP contribution is 2.18. The Kier molecular flexibility index (Phi) is 5.69. The number of rotatable bonds is 6. The molecule has 3 aromatic rings. The van der Waals surface area contributed by atoms with Crippen molar-refractivity contribution in [1.82, 2.24) is 10.3 Å². The average Bonchev–Trinajstić information content (AvgIpc) is 2.69. The zero-order chi connectivity index (χ0) is 18.2. The number of phenols is 1. The Morgan fingerprint density at radius 1 is 0.885 bits per heavy atom. The Labute approximate surface area is 151 Å². The molecule has 1 aromatic heterocycles. The lowest BCUT2D eigenvalue weighted by Crippen LogP contribution is -2.27. The second-order valence-electron chi connectivity index (χ2n) is 5.58. The molecule has 4 N–H and O–H groups in total. The molecule has 0 amide bonds. The Morgan fingerprint density at radius 3 is 2.23 bits per heavy atom. The predicted molar refractivity (Wildman–Crippen MR) is 104 cm³/mol. The topological polar surface area (TPSA) is 95.9 Å². The Balaban J connectivity index is 1.53. The zero-order valence-corrected chi connectivity index (χ0v) is 14.0. The van der Waals surface area contributed by atoms with E-state index in [1.54, 1.807) is 42.9 Å². The fraction of sp³-hybridized carbons (Fsp3) is 0.0500. The first-order chi connectivity index (χ1) is 12.7. The summed E-state index contributed by atoms with van der Waals surface area (Å²) in [6.07, 6.45) is 6.24. The number of aromatic nitrogens is 1. The van der Waals surface area contributed by atoms with Gasteiger partial charge in [0.15, 0.2) is 0 Å². The summed E-state index contributed by atoms with van der Waals surface area (Å²) in [6.45, 7) is 0. The quantitative estimate of drug-likeness (QED) is 0.277. The maximum atomic E-state index is 9.27. The van der Waals surface area contributed by atoms with Crippen LogP contribution >= 0.6 is 0 Å². The third kappa shape index (κ3) is 4.75. The van der Waals surface area contributed by atoms with Gasteiger partial charge in [-0.15, -0.1) is 5.10 Å². The molecule has 0 fully saturated rings. The van der Waals surface area contributed by atoms with Crippen molar-refractivity contribution in [2.45, 2.75) is 6.17 Å². The molecule has 6 heteroatoms. The van der Waals surface area contributed by atoms with Gasteiger partial charge in [-0.25, -0.2) is 0 Å².